The van der Waals surface area contributed by atoms with Crippen LogP contribution in [0, 0.1) is 19.7 Å². The Balaban J connectivity index is 3.25. The summed E-state index contributed by atoms with van der Waals surface area (Å²) in [5.41, 5.74) is 0.695. The maximum atomic E-state index is 13.1. The average molecular weight is 261 g/mol. The molecule has 2 N–H and O–H groups in total. The largest absolute Gasteiger partial charge is 0.395 e. The first-order valence-electron chi connectivity index (χ1n) is 5.18. The fraction of sp³-hybridized carbons (Fsp3) is 0.455. The molecule has 0 amide bonds. The smallest absolute Gasteiger partial charge is 0.241 e. The predicted molar refractivity (Wildman–Crippen MR) is 62.7 cm³/mol. The minimum absolute atomic E-state index is 0.0687. The molecule has 0 aliphatic carbocycles. The molecule has 0 heterocycles. The number of aliphatic hydroxyl groups excluding tert-OH is 1. The molecular weight excluding hydrogens is 245 g/mol. The van der Waals surface area contributed by atoms with Crippen LogP contribution >= 0.6 is 0 Å². The third-order valence-electron chi connectivity index (χ3n) is 2.32. The summed E-state index contributed by atoms with van der Waals surface area (Å²) in [6.45, 7) is 4.33. The Hall–Kier alpha value is -0.980. The molecule has 0 spiro atoms. The number of rotatable bonds is 4. The van der Waals surface area contributed by atoms with Gasteiger partial charge < -0.3 is 5.11 Å². The number of nitrogens with one attached hydrogen (secondary N) is 1. The van der Waals surface area contributed by atoms with Crippen LogP contribution in [-0.2, 0) is 10.0 Å². The van der Waals surface area contributed by atoms with Gasteiger partial charge in [0.25, 0.3) is 0 Å². The second kappa shape index (κ2) is 5.12. The minimum Gasteiger partial charge on any atom is -0.395 e. The Bertz CT molecular complexity index is 490. The normalized spacial score (nSPS) is 13.7. The quantitative estimate of drug-likeness (QED) is 0.853. The van der Waals surface area contributed by atoms with Gasteiger partial charge >= 0.3 is 0 Å². The molecule has 4 nitrogen and oxygen atoms in total. The van der Waals surface area contributed by atoms with Crippen LogP contribution in [0.15, 0.2) is 17.0 Å². The van der Waals surface area contributed by atoms with E-state index in [0.717, 1.165) is 0 Å². The molecule has 0 aliphatic rings. The Labute approximate surface area is 101 Å². The number of aliphatic hydroxyl groups is 1. The maximum Gasteiger partial charge on any atom is 0.241 e. The van der Waals surface area contributed by atoms with Crippen LogP contribution in [0.25, 0.3) is 0 Å². The van der Waals surface area contributed by atoms with Gasteiger partial charge in [-0.1, -0.05) is 0 Å². The van der Waals surface area contributed by atoms with E-state index in [1.54, 1.807) is 6.92 Å². The van der Waals surface area contributed by atoms with Crippen molar-refractivity contribution in [2.24, 2.45) is 0 Å². The lowest BCUT2D eigenvalue weighted by atomic mass is 10.1. The van der Waals surface area contributed by atoms with Gasteiger partial charge in [-0.3, -0.25) is 0 Å². The van der Waals surface area contributed by atoms with Crippen LogP contribution < -0.4 is 4.72 Å². The highest BCUT2D eigenvalue weighted by Crippen LogP contribution is 2.21. The topological polar surface area (TPSA) is 66.4 Å². The Morgan fingerprint density at radius 2 is 1.82 bits per heavy atom. The van der Waals surface area contributed by atoms with Crippen molar-refractivity contribution in [2.45, 2.75) is 31.7 Å². The van der Waals surface area contributed by atoms with E-state index in [4.69, 9.17) is 5.11 Å². The molecule has 0 radical (unpaired) electrons. The standard InChI is InChI=1S/C11H16FNO3S/c1-7-4-10(12)5-8(2)11(7)17(15,16)13-9(3)6-14/h4-5,9,13-14H,6H2,1-3H3/t9-/m0/s1. The first kappa shape index (κ1) is 14.1. The van der Waals surface area contributed by atoms with Gasteiger partial charge in [0.05, 0.1) is 11.5 Å². The van der Waals surface area contributed by atoms with E-state index in [9.17, 15) is 12.8 Å². The molecule has 0 aliphatic heterocycles. The van der Waals surface area contributed by atoms with Gasteiger partial charge in [0.2, 0.25) is 10.0 Å². The van der Waals surface area contributed by atoms with Crippen molar-refractivity contribution < 1.29 is 17.9 Å². The SMILES string of the molecule is Cc1cc(F)cc(C)c1S(=O)(=O)N[C@@H](C)CO. The van der Waals surface area contributed by atoms with Gasteiger partial charge in [-0.05, 0) is 44.0 Å². The van der Waals surface area contributed by atoms with Crippen molar-refractivity contribution in [1.82, 2.24) is 4.72 Å². The molecule has 1 atom stereocenters. The summed E-state index contributed by atoms with van der Waals surface area (Å²) in [6.07, 6.45) is 0. The van der Waals surface area contributed by atoms with E-state index in [1.807, 2.05) is 0 Å². The fourth-order valence-corrected chi connectivity index (χ4v) is 3.37. The van der Waals surface area contributed by atoms with Crippen LogP contribution in [0.4, 0.5) is 4.39 Å². The van der Waals surface area contributed by atoms with Crippen LogP contribution in [0.3, 0.4) is 0 Å². The highest BCUT2D eigenvalue weighted by atomic mass is 32.2. The molecule has 0 aromatic heterocycles. The Morgan fingerprint density at radius 1 is 1.35 bits per heavy atom. The highest BCUT2D eigenvalue weighted by Gasteiger charge is 2.21. The highest BCUT2D eigenvalue weighted by molar-refractivity contribution is 7.89. The van der Waals surface area contributed by atoms with E-state index in [2.05, 4.69) is 4.72 Å². The zero-order chi connectivity index (χ0) is 13.2. The van der Waals surface area contributed by atoms with Crippen LogP contribution in [-0.4, -0.2) is 26.2 Å². The lowest BCUT2D eigenvalue weighted by molar-refractivity contribution is 0.265. The van der Waals surface area contributed by atoms with Crippen LogP contribution in [0.2, 0.25) is 0 Å². The number of hydrogen-bond acceptors (Lipinski definition) is 3. The van der Waals surface area contributed by atoms with Crippen molar-refractivity contribution in [2.75, 3.05) is 6.61 Å². The number of halogens is 1. The second-order valence-corrected chi connectivity index (χ2v) is 5.72. The number of sulfonamides is 1. The van der Waals surface area contributed by atoms with E-state index in [0.29, 0.717) is 11.1 Å². The molecule has 1 aromatic rings. The molecule has 1 aromatic carbocycles. The molecule has 0 saturated carbocycles. The van der Waals surface area contributed by atoms with E-state index >= 15 is 0 Å². The zero-order valence-electron chi connectivity index (χ0n) is 9.99. The summed E-state index contributed by atoms with van der Waals surface area (Å²) in [7, 11) is -3.73. The van der Waals surface area contributed by atoms with E-state index in [-0.39, 0.29) is 11.5 Å². The molecule has 17 heavy (non-hydrogen) atoms. The van der Waals surface area contributed by atoms with Crippen molar-refractivity contribution in [3.05, 3.63) is 29.1 Å². The van der Waals surface area contributed by atoms with Crippen LogP contribution in [0.5, 0.6) is 0 Å². The minimum atomic E-state index is -3.73. The van der Waals surface area contributed by atoms with Crippen molar-refractivity contribution in [3.8, 4) is 0 Å². The monoisotopic (exact) mass is 261 g/mol. The second-order valence-electron chi connectivity index (χ2n) is 4.07. The number of hydrogen-bond donors (Lipinski definition) is 2. The van der Waals surface area contributed by atoms with E-state index < -0.39 is 21.9 Å². The number of benzene rings is 1. The third-order valence-corrected chi connectivity index (χ3v) is 4.22. The van der Waals surface area contributed by atoms with Gasteiger partial charge in [-0.15, -0.1) is 0 Å². The van der Waals surface area contributed by atoms with E-state index in [1.165, 1.54) is 26.0 Å². The lowest BCUT2D eigenvalue weighted by Gasteiger charge is -2.15. The summed E-state index contributed by atoms with van der Waals surface area (Å²) in [5, 5.41) is 8.84. The Kier molecular flexibility index (Phi) is 4.24. The molecular formula is C11H16FNO3S. The first-order chi connectivity index (χ1) is 7.77. The molecule has 0 saturated heterocycles. The van der Waals surface area contributed by atoms with Gasteiger partial charge in [0, 0.05) is 6.04 Å². The summed E-state index contributed by atoms with van der Waals surface area (Å²) in [5.74, 6) is -0.464. The maximum absolute atomic E-state index is 13.1. The van der Waals surface area contributed by atoms with Crippen molar-refractivity contribution in [1.29, 1.82) is 0 Å². The first-order valence-corrected chi connectivity index (χ1v) is 6.66. The molecule has 6 heteroatoms. The summed E-state index contributed by atoms with van der Waals surface area (Å²) in [4.78, 5) is 0.0687. The van der Waals surface area contributed by atoms with Gasteiger partial charge in [0.15, 0.2) is 0 Å². The van der Waals surface area contributed by atoms with Gasteiger partial charge in [-0.25, -0.2) is 17.5 Å². The van der Waals surface area contributed by atoms with Crippen LogP contribution in [0.1, 0.15) is 18.1 Å². The summed E-state index contributed by atoms with van der Waals surface area (Å²) in [6, 6.07) is 1.76. The molecule has 96 valence electrons. The Morgan fingerprint density at radius 3 is 2.24 bits per heavy atom. The third kappa shape index (κ3) is 3.24. The predicted octanol–water partition coefficient (Wildman–Crippen LogP) is 1.10. The molecule has 0 fully saturated rings. The molecule has 0 bridgehead atoms. The van der Waals surface area contributed by atoms with Gasteiger partial charge in [0.1, 0.15) is 5.82 Å². The van der Waals surface area contributed by atoms with Crippen molar-refractivity contribution in [3.63, 3.8) is 0 Å². The fourth-order valence-electron chi connectivity index (χ4n) is 1.68. The van der Waals surface area contributed by atoms with Crippen molar-refractivity contribution >= 4 is 10.0 Å². The molecule has 0 unspecified atom stereocenters. The zero-order valence-corrected chi connectivity index (χ0v) is 10.8. The number of aryl methyl sites for hydroxylation is 2. The molecule has 1 rings (SSSR count). The summed E-state index contributed by atoms with van der Waals surface area (Å²) >= 11 is 0. The van der Waals surface area contributed by atoms with Gasteiger partial charge in [-0.2, -0.15) is 0 Å². The average Bonchev–Trinajstić information content (AvgIpc) is 2.14. The lowest BCUT2D eigenvalue weighted by Crippen LogP contribution is -2.35. The summed E-state index contributed by atoms with van der Waals surface area (Å²) < 4.78 is 39.4.